The molecule has 2 aromatic carbocycles. The van der Waals surface area contributed by atoms with E-state index in [-0.39, 0.29) is 40.7 Å². The first kappa shape index (κ1) is 13.6. The van der Waals surface area contributed by atoms with Crippen molar-refractivity contribution >= 4 is 28.1 Å². The van der Waals surface area contributed by atoms with Gasteiger partial charge < -0.3 is 4.74 Å². The van der Waals surface area contributed by atoms with Crippen molar-refractivity contribution in [1.82, 2.24) is 0 Å². The summed E-state index contributed by atoms with van der Waals surface area (Å²) in [6.45, 7) is 0. The third-order valence-electron chi connectivity index (χ3n) is 4.29. The van der Waals surface area contributed by atoms with E-state index in [4.69, 9.17) is 4.74 Å². The first-order valence-corrected chi connectivity index (χ1v) is 7.26. The van der Waals surface area contributed by atoms with Crippen LogP contribution in [0.5, 0.6) is 0 Å². The number of Topliss-reactive ketones (excluding diaryl/α,β-unsaturated/α-hetero) is 3. The summed E-state index contributed by atoms with van der Waals surface area (Å²) < 4.78 is 5.11. The molecule has 4 heteroatoms. The van der Waals surface area contributed by atoms with Crippen LogP contribution in [0.4, 0.5) is 0 Å². The predicted octanol–water partition coefficient (Wildman–Crippen LogP) is 3.02. The molecule has 2 aliphatic rings. The lowest BCUT2D eigenvalue weighted by atomic mass is 9.77. The van der Waals surface area contributed by atoms with Gasteiger partial charge in [0.1, 0.15) is 0 Å². The van der Waals surface area contributed by atoms with E-state index >= 15 is 0 Å². The number of hydrogen-bond acceptors (Lipinski definition) is 4. The Bertz CT molecular complexity index is 976. The maximum absolute atomic E-state index is 12.9. The number of carbonyl (C=O) groups excluding carboxylic acids is 3. The first-order valence-electron chi connectivity index (χ1n) is 7.26. The molecule has 2 aromatic rings. The van der Waals surface area contributed by atoms with Gasteiger partial charge in [-0.1, -0.05) is 30.3 Å². The van der Waals surface area contributed by atoms with Crippen molar-refractivity contribution in [3.63, 3.8) is 0 Å². The highest BCUT2D eigenvalue weighted by molar-refractivity contribution is 6.34. The summed E-state index contributed by atoms with van der Waals surface area (Å²) >= 11 is 0. The summed E-state index contributed by atoms with van der Waals surface area (Å²) in [4.78, 5) is 37.6. The number of benzene rings is 2. The standard InChI is InChI=1S/C19H12O4/c1-23-19-15(20)7-6-12-16(19)18(22)14-9-11-5-3-2-4-10(11)8-13(14)17(12)21/h2-6,8-9H,7H2,1H3. The third kappa shape index (κ3) is 1.81. The average molecular weight is 304 g/mol. The lowest BCUT2D eigenvalue weighted by molar-refractivity contribution is -0.117. The molecule has 0 fully saturated rings. The highest BCUT2D eigenvalue weighted by atomic mass is 16.5. The second-order valence-corrected chi connectivity index (χ2v) is 5.56. The van der Waals surface area contributed by atoms with Crippen molar-refractivity contribution in [3.05, 3.63) is 70.5 Å². The Hall–Kier alpha value is -3.01. The van der Waals surface area contributed by atoms with Crippen molar-refractivity contribution in [2.45, 2.75) is 6.42 Å². The molecular formula is C19H12O4. The number of carbonyl (C=O) groups is 3. The van der Waals surface area contributed by atoms with Crippen LogP contribution < -0.4 is 0 Å². The van der Waals surface area contributed by atoms with Crippen LogP contribution in [-0.4, -0.2) is 24.5 Å². The van der Waals surface area contributed by atoms with E-state index in [1.807, 2.05) is 24.3 Å². The van der Waals surface area contributed by atoms with Crippen LogP contribution in [0.3, 0.4) is 0 Å². The molecule has 0 amide bonds. The Balaban J connectivity index is 2.05. The molecule has 0 saturated carbocycles. The highest BCUT2D eigenvalue weighted by Gasteiger charge is 2.38. The van der Waals surface area contributed by atoms with Gasteiger partial charge in [0.05, 0.1) is 12.7 Å². The summed E-state index contributed by atoms with van der Waals surface area (Å²) in [5.41, 5.74) is 1.07. The molecule has 0 radical (unpaired) electrons. The van der Waals surface area contributed by atoms with E-state index in [1.165, 1.54) is 13.2 Å². The van der Waals surface area contributed by atoms with Gasteiger partial charge in [0.2, 0.25) is 5.78 Å². The van der Waals surface area contributed by atoms with Gasteiger partial charge in [0.15, 0.2) is 17.3 Å². The van der Waals surface area contributed by atoms with Crippen LogP contribution in [0.25, 0.3) is 10.8 Å². The molecule has 2 aliphatic carbocycles. The maximum atomic E-state index is 12.9. The van der Waals surface area contributed by atoms with Gasteiger partial charge >= 0.3 is 0 Å². The lowest BCUT2D eigenvalue weighted by Crippen LogP contribution is -2.28. The number of ether oxygens (including phenoxy) is 1. The topological polar surface area (TPSA) is 60.4 Å². The van der Waals surface area contributed by atoms with E-state index in [0.717, 1.165) is 10.8 Å². The molecule has 23 heavy (non-hydrogen) atoms. The van der Waals surface area contributed by atoms with Crippen LogP contribution in [0.1, 0.15) is 27.1 Å². The van der Waals surface area contributed by atoms with Gasteiger partial charge in [-0.3, -0.25) is 14.4 Å². The van der Waals surface area contributed by atoms with E-state index < -0.39 is 0 Å². The number of fused-ring (bicyclic) bond motifs is 3. The molecule has 0 spiro atoms. The number of rotatable bonds is 1. The molecule has 0 atom stereocenters. The fraction of sp³-hybridized carbons (Fsp3) is 0.105. The van der Waals surface area contributed by atoms with Gasteiger partial charge in [-0.15, -0.1) is 0 Å². The molecule has 4 rings (SSSR count). The first-order chi connectivity index (χ1) is 11.1. The van der Waals surface area contributed by atoms with Crippen LogP contribution in [0.15, 0.2) is 59.4 Å². The zero-order valence-corrected chi connectivity index (χ0v) is 12.4. The summed E-state index contributed by atoms with van der Waals surface area (Å²) in [5, 5.41) is 1.78. The third-order valence-corrected chi connectivity index (χ3v) is 4.29. The number of hydrogen-bond donors (Lipinski definition) is 0. The smallest absolute Gasteiger partial charge is 0.201 e. The van der Waals surface area contributed by atoms with Crippen molar-refractivity contribution in [3.8, 4) is 0 Å². The molecule has 0 aliphatic heterocycles. The monoisotopic (exact) mass is 304 g/mol. The highest BCUT2D eigenvalue weighted by Crippen LogP contribution is 2.36. The predicted molar refractivity (Wildman–Crippen MR) is 84.4 cm³/mol. The van der Waals surface area contributed by atoms with Gasteiger partial charge in [0.25, 0.3) is 0 Å². The normalized spacial score (nSPS) is 17.1. The van der Waals surface area contributed by atoms with Gasteiger partial charge in [0, 0.05) is 23.1 Å². The van der Waals surface area contributed by atoms with Crippen molar-refractivity contribution in [2.75, 3.05) is 7.11 Å². The van der Waals surface area contributed by atoms with Crippen LogP contribution in [0.2, 0.25) is 0 Å². The molecule has 0 unspecified atom stereocenters. The lowest BCUT2D eigenvalue weighted by Gasteiger charge is -2.24. The zero-order valence-electron chi connectivity index (χ0n) is 12.4. The van der Waals surface area contributed by atoms with E-state index in [0.29, 0.717) is 11.1 Å². The zero-order chi connectivity index (χ0) is 16.1. The molecule has 4 nitrogen and oxygen atoms in total. The SMILES string of the molecule is COC1=C2C(=O)c3cc4ccccc4cc3C(=O)C2=CCC1=O. The van der Waals surface area contributed by atoms with Crippen molar-refractivity contribution in [1.29, 1.82) is 0 Å². The molecule has 112 valence electrons. The fourth-order valence-electron chi connectivity index (χ4n) is 3.19. The quantitative estimate of drug-likeness (QED) is 0.812. The Morgan fingerprint density at radius 2 is 1.52 bits per heavy atom. The number of allylic oxidation sites excluding steroid dienone is 4. The van der Waals surface area contributed by atoms with Crippen LogP contribution in [0, 0.1) is 0 Å². The van der Waals surface area contributed by atoms with Gasteiger partial charge in [-0.2, -0.15) is 0 Å². The minimum atomic E-state index is -0.332. The average Bonchev–Trinajstić information content (AvgIpc) is 2.58. The largest absolute Gasteiger partial charge is 0.492 e. The summed E-state index contributed by atoms with van der Waals surface area (Å²) in [5.74, 6) is -0.861. The Morgan fingerprint density at radius 3 is 2.13 bits per heavy atom. The molecule has 0 heterocycles. The summed E-state index contributed by atoms with van der Waals surface area (Å²) in [7, 11) is 1.34. The second-order valence-electron chi connectivity index (χ2n) is 5.56. The Kier molecular flexibility index (Phi) is 2.81. The van der Waals surface area contributed by atoms with E-state index in [1.54, 1.807) is 12.1 Å². The van der Waals surface area contributed by atoms with Gasteiger partial charge in [-0.05, 0) is 22.9 Å². The molecule has 0 N–H and O–H groups in total. The van der Waals surface area contributed by atoms with E-state index in [9.17, 15) is 14.4 Å². The Morgan fingerprint density at radius 1 is 0.913 bits per heavy atom. The van der Waals surface area contributed by atoms with Crippen molar-refractivity contribution in [2.24, 2.45) is 0 Å². The minimum absolute atomic E-state index is 0.0142. The molecular weight excluding hydrogens is 292 g/mol. The van der Waals surface area contributed by atoms with Crippen LogP contribution in [-0.2, 0) is 9.53 Å². The van der Waals surface area contributed by atoms with Crippen LogP contribution >= 0.6 is 0 Å². The van der Waals surface area contributed by atoms with E-state index in [2.05, 4.69) is 0 Å². The van der Waals surface area contributed by atoms with Crippen molar-refractivity contribution < 1.29 is 19.1 Å². The minimum Gasteiger partial charge on any atom is -0.492 e. The second kappa shape index (κ2) is 4.74. The summed E-state index contributed by atoms with van der Waals surface area (Å²) in [6, 6.07) is 11.0. The number of ketones is 3. The van der Waals surface area contributed by atoms with Gasteiger partial charge in [-0.25, -0.2) is 0 Å². The molecule has 0 aromatic heterocycles. The molecule has 0 bridgehead atoms. The summed E-state index contributed by atoms with van der Waals surface area (Å²) in [6.07, 6.45) is 1.60. The maximum Gasteiger partial charge on any atom is 0.201 e. The molecule has 0 saturated heterocycles. The Labute approximate surface area is 132 Å². The fourth-order valence-corrected chi connectivity index (χ4v) is 3.19. The number of methoxy groups -OCH3 is 1.